The molecule has 0 bridgehead atoms. The van der Waals surface area contributed by atoms with Gasteiger partial charge >= 0.3 is 0 Å². The van der Waals surface area contributed by atoms with Crippen molar-refractivity contribution >= 4 is 33.9 Å². The van der Waals surface area contributed by atoms with E-state index in [1.54, 1.807) is 6.07 Å². The Morgan fingerprint density at radius 1 is 1.33 bits per heavy atom. The number of Topliss-reactive ketones (excluding diaryl/α,β-unsaturated/α-hetero) is 2. The largest absolute Gasteiger partial charge is 0.302 e. The van der Waals surface area contributed by atoms with Crippen molar-refractivity contribution < 1.29 is 14.4 Å². The van der Waals surface area contributed by atoms with Crippen molar-refractivity contribution in [1.29, 1.82) is 0 Å². The smallest absolute Gasteiger partial charge is 0.223 e. The van der Waals surface area contributed by atoms with Gasteiger partial charge in [0.1, 0.15) is 0 Å². The van der Waals surface area contributed by atoms with E-state index in [1.165, 1.54) is 13.1 Å². The van der Waals surface area contributed by atoms with E-state index in [0.717, 1.165) is 22.6 Å². The Kier molecular flexibility index (Phi) is 4.28. The molecule has 1 aliphatic carbocycles. The van der Waals surface area contributed by atoms with Crippen LogP contribution < -0.4 is 5.32 Å². The Hall–Kier alpha value is -2.41. The predicted octanol–water partition coefficient (Wildman–Crippen LogP) is 2.74. The van der Waals surface area contributed by atoms with Gasteiger partial charge in [-0.15, -0.1) is 0 Å². The maximum absolute atomic E-state index is 12.7. The molecule has 0 aliphatic heterocycles. The maximum Gasteiger partial charge on any atom is 0.223 e. The molecule has 1 unspecified atom stereocenters. The first-order valence-corrected chi connectivity index (χ1v) is 8.47. The zero-order valence-electron chi connectivity index (χ0n) is 13.7. The van der Waals surface area contributed by atoms with Gasteiger partial charge in [-0.05, 0) is 38.3 Å². The average molecular weight is 343 g/mol. The first kappa shape index (κ1) is 16.4. The highest BCUT2D eigenvalue weighted by atomic mass is 32.1. The number of ketones is 2. The summed E-state index contributed by atoms with van der Waals surface area (Å²) in [7, 11) is 0. The summed E-state index contributed by atoms with van der Waals surface area (Å²) in [6, 6.07) is 1.78. The Bertz CT molecular complexity index is 857. The molecule has 1 amide bonds. The van der Waals surface area contributed by atoms with Crippen LogP contribution >= 0.6 is 11.3 Å². The summed E-state index contributed by atoms with van der Waals surface area (Å²) in [5, 5.41) is 3.00. The first-order valence-electron chi connectivity index (χ1n) is 7.65. The van der Waals surface area contributed by atoms with Crippen molar-refractivity contribution in [2.24, 2.45) is 5.92 Å². The lowest BCUT2D eigenvalue weighted by Gasteiger charge is -2.18. The highest BCUT2D eigenvalue weighted by molar-refractivity contribution is 7.17. The summed E-state index contributed by atoms with van der Waals surface area (Å²) in [5.74, 6) is -1.35. The van der Waals surface area contributed by atoms with Gasteiger partial charge < -0.3 is 5.32 Å². The number of pyridine rings is 1. The standard InChI is InChI=1S/C17H17N3O3S/c1-8-6-11(7-18-9(8)2)14(22)12-4-5-13-16(15(12)23)24-17(20-13)19-10(3)21/h6-7,12H,4-5H2,1-3H3,(H,19,20,21). The van der Waals surface area contributed by atoms with Crippen molar-refractivity contribution in [1.82, 2.24) is 9.97 Å². The van der Waals surface area contributed by atoms with Gasteiger partial charge in [0, 0.05) is 24.4 Å². The minimum absolute atomic E-state index is 0.198. The highest BCUT2D eigenvalue weighted by Crippen LogP contribution is 2.33. The molecule has 7 heteroatoms. The molecule has 0 fully saturated rings. The van der Waals surface area contributed by atoms with Crippen LogP contribution in [0.5, 0.6) is 0 Å². The fourth-order valence-corrected chi connectivity index (χ4v) is 3.77. The number of fused-ring (bicyclic) bond motifs is 1. The molecule has 0 saturated heterocycles. The highest BCUT2D eigenvalue weighted by Gasteiger charge is 2.36. The number of anilines is 1. The minimum Gasteiger partial charge on any atom is -0.302 e. The lowest BCUT2D eigenvalue weighted by molar-refractivity contribution is -0.114. The molecule has 2 aromatic rings. The van der Waals surface area contributed by atoms with Gasteiger partial charge in [-0.25, -0.2) is 4.98 Å². The fraction of sp³-hybridized carbons (Fsp3) is 0.353. The van der Waals surface area contributed by atoms with E-state index >= 15 is 0 Å². The number of nitrogens with one attached hydrogen (secondary N) is 1. The van der Waals surface area contributed by atoms with Crippen LogP contribution in [-0.2, 0) is 11.2 Å². The first-order chi connectivity index (χ1) is 11.4. The summed E-state index contributed by atoms with van der Waals surface area (Å²) in [6.07, 6.45) is 2.51. The van der Waals surface area contributed by atoms with Crippen LogP contribution in [0.1, 0.15) is 50.3 Å². The van der Waals surface area contributed by atoms with Crippen LogP contribution in [0.4, 0.5) is 5.13 Å². The average Bonchev–Trinajstić information content (AvgIpc) is 2.92. The second kappa shape index (κ2) is 6.24. The van der Waals surface area contributed by atoms with Crippen molar-refractivity contribution in [3.8, 4) is 0 Å². The van der Waals surface area contributed by atoms with Gasteiger partial charge in [0.25, 0.3) is 0 Å². The number of nitrogens with zero attached hydrogens (tertiary/aromatic N) is 2. The summed E-state index contributed by atoms with van der Waals surface area (Å²) >= 11 is 1.13. The third kappa shape index (κ3) is 2.99. The zero-order chi connectivity index (χ0) is 17.4. The van der Waals surface area contributed by atoms with Crippen LogP contribution in [0.15, 0.2) is 12.3 Å². The number of hydrogen-bond donors (Lipinski definition) is 1. The Morgan fingerprint density at radius 3 is 2.75 bits per heavy atom. The second-order valence-electron chi connectivity index (χ2n) is 5.92. The summed E-state index contributed by atoms with van der Waals surface area (Å²) < 4.78 is 0. The molecule has 0 spiro atoms. The lowest BCUT2D eigenvalue weighted by atomic mass is 9.84. The second-order valence-corrected chi connectivity index (χ2v) is 6.92. The third-order valence-electron chi connectivity index (χ3n) is 4.13. The van der Waals surface area contributed by atoms with Gasteiger partial charge in [-0.2, -0.15) is 0 Å². The van der Waals surface area contributed by atoms with E-state index in [0.29, 0.717) is 34.1 Å². The molecule has 6 nitrogen and oxygen atoms in total. The van der Waals surface area contributed by atoms with Gasteiger partial charge in [0.05, 0.1) is 16.5 Å². The molecule has 0 saturated carbocycles. The van der Waals surface area contributed by atoms with Crippen LogP contribution in [0.2, 0.25) is 0 Å². The quantitative estimate of drug-likeness (QED) is 0.684. The molecule has 1 aliphatic rings. The molecule has 3 rings (SSSR count). The number of aromatic nitrogens is 2. The van der Waals surface area contributed by atoms with Crippen molar-refractivity contribution in [3.63, 3.8) is 0 Å². The maximum atomic E-state index is 12.7. The molecule has 124 valence electrons. The van der Waals surface area contributed by atoms with Crippen LogP contribution in [0.3, 0.4) is 0 Å². The fourth-order valence-electron chi connectivity index (χ4n) is 2.72. The molecule has 2 heterocycles. The number of thiazole rings is 1. The van der Waals surface area contributed by atoms with Crippen molar-refractivity contribution in [3.05, 3.63) is 39.7 Å². The lowest BCUT2D eigenvalue weighted by Crippen LogP contribution is -2.29. The Labute approximate surface area is 143 Å². The van der Waals surface area contributed by atoms with Gasteiger partial charge in [-0.1, -0.05) is 11.3 Å². The zero-order valence-corrected chi connectivity index (χ0v) is 14.5. The molecular formula is C17H17N3O3S. The number of carbonyl (C=O) groups is 3. The van der Waals surface area contributed by atoms with E-state index in [1.807, 2.05) is 13.8 Å². The molecule has 0 radical (unpaired) electrons. The number of carbonyl (C=O) groups excluding carboxylic acids is 3. The minimum atomic E-state index is -0.702. The number of aryl methyl sites for hydroxylation is 3. The molecule has 0 aromatic carbocycles. The van der Waals surface area contributed by atoms with Gasteiger partial charge in [-0.3, -0.25) is 19.4 Å². The monoisotopic (exact) mass is 343 g/mol. The predicted molar refractivity (Wildman–Crippen MR) is 90.6 cm³/mol. The van der Waals surface area contributed by atoms with E-state index < -0.39 is 5.92 Å². The number of amides is 1. The van der Waals surface area contributed by atoms with Gasteiger partial charge in [0.15, 0.2) is 16.7 Å². The van der Waals surface area contributed by atoms with Crippen molar-refractivity contribution in [2.75, 3.05) is 5.32 Å². The summed E-state index contributed by atoms with van der Waals surface area (Å²) in [4.78, 5) is 45.5. The normalized spacial score (nSPS) is 16.6. The van der Waals surface area contributed by atoms with E-state index in [-0.39, 0.29) is 17.5 Å². The van der Waals surface area contributed by atoms with E-state index in [9.17, 15) is 14.4 Å². The third-order valence-corrected chi connectivity index (χ3v) is 5.16. The number of hydrogen-bond acceptors (Lipinski definition) is 6. The number of rotatable bonds is 3. The van der Waals surface area contributed by atoms with Crippen LogP contribution in [0, 0.1) is 19.8 Å². The summed E-state index contributed by atoms with van der Waals surface area (Å²) in [5.41, 5.74) is 2.92. The SMILES string of the molecule is CC(=O)Nc1nc2c(s1)C(=O)C(C(=O)c1cnc(C)c(C)c1)CC2. The van der Waals surface area contributed by atoms with Crippen molar-refractivity contribution in [2.45, 2.75) is 33.6 Å². The Balaban J connectivity index is 1.87. The molecule has 1 atom stereocenters. The summed E-state index contributed by atoms with van der Waals surface area (Å²) in [6.45, 7) is 5.16. The molecule has 1 N–H and O–H groups in total. The molecule has 24 heavy (non-hydrogen) atoms. The Morgan fingerprint density at radius 2 is 2.08 bits per heavy atom. The molecular weight excluding hydrogens is 326 g/mol. The van der Waals surface area contributed by atoms with Crippen LogP contribution in [0.25, 0.3) is 0 Å². The molecule has 2 aromatic heterocycles. The van der Waals surface area contributed by atoms with Crippen LogP contribution in [-0.4, -0.2) is 27.4 Å². The van der Waals surface area contributed by atoms with E-state index in [4.69, 9.17) is 0 Å². The van der Waals surface area contributed by atoms with Gasteiger partial charge in [0.2, 0.25) is 5.91 Å². The topological polar surface area (TPSA) is 89.0 Å². The van der Waals surface area contributed by atoms with E-state index in [2.05, 4.69) is 15.3 Å².